The molecule has 3 rings (SSSR count). The fourth-order valence-electron chi connectivity index (χ4n) is 4.45. The van der Waals surface area contributed by atoms with Gasteiger partial charge in [-0.15, -0.1) is 0 Å². The second-order valence-corrected chi connectivity index (χ2v) is 7.72. The average molecular weight is 336 g/mol. The van der Waals surface area contributed by atoms with Crippen molar-refractivity contribution in [2.75, 3.05) is 0 Å². The van der Waals surface area contributed by atoms with E-state index in [0.29, 0.717) is 5.54 Å². The summed E-state index contributed by atoms with van der Waals surface area (Å²) in [5, 5.41) is 0. The summed E-state index contributed by atoms with van der Waals surface area (Å²) in [7, 11) is 0. The molecule has 0 amide bonds. The zero-order valence-corrected chi connectivity index (χ0v) is 16.0. The van der Waals surface area contributed by atoms with Crippen molar-refractivity contribution in [1.82, 2.24) is 4.90 Å². The zero-order valence-electron chi connectivity index (χ0n) is 16.0. The molecule has 1 fully saturated rings. The molecule has 1 saturated carbocycles. The van der Waals surface area contributed by atoms with Gasteiger partial charge in [0.05, 0.1) is 0 Å². The van der Waals surface area contributed by atoms with Crippen LogP contribution in [0, 0.1) is 5.92 Å². The number of benzene rings is 2. The van der Waals surface area contributed by atoms with Crippen LogP contribution in [0.15, 0.2) is 60.7 Å². The quantitative estimate of drug-likeness (QED) is 0.483. The van der Waals surface area contributed by atoms with E-state index in [4.69, 9.17) is 0 Å². The minimum absolute atomic E-state index is 0.426. The molecule has 0 aromatic heterocycles. The number of hydrogen-bond donors (Lipinski definition) is 0. The van der Waals surface area contributed by atoms with Gasteiger partial charge < -0.3 is 0 Å². The van der Waals surface area contributed by atoms with Crippen LogP contribution in [0.2, 0.25) is 0 Å². The van der Waals surface area contributed by atoms with E-state index in [1.165, 1.54) is 49.7 Å². The fourth-order valence-corrected chi connectivity index (χ4v) is 4.45. The predicted octanol–water partition coefficient (Wildman–Crippen LogP) is 6.44. The Hall–Kier alpha value is -1.60. The van der Waals surface area contributed by atoms with Gasteiger partial charge in [-0.1, -0.05) is 93.8 Å². The summed E-state index contributed by atoms with van der Waals surface area (Å²) >= 11 is 0. The maximum atomic E-state index is 2.79. The second-order valence-electron chi connectivity index (χ2n) is 7.72. The lowest BCUT2D eigenvalue weighted by Crippen LogP contribution is -2.38. The third kappa shape index (κ3) is 4.52. The molecule has 2 aromatic rings. The Bertz CT molecular complexity index is 580. The number of nitrogens with zero attached hydrogens (tertiary/aromatic N) is 1. The minimum Gasteiger partial charge on any atom is -0.289 e. The van der Waals surface area contributed by atoms with Crippen LogP contribution < -0.4 is 0 Å². The Morgan fingerprint density at radius 3 is 1.88 bits per heavy atom. The van der Waals surface area contributed by atoms with Crippen molar-refractivity contribution in [3.8, 4) is 0 Å². The Balaban J connectivity index is 1.81. The van der Waals surface area contributed by atoms with Gasteiger partial charge in [0.2, 0.25) is 0 Å². The summed E-state index contributed by atoms with van der Waals surface area (Å²) in [5.74, 6) is 0.889. The van der Waals surface area contributed by atoms with Crippen LogP contribution in [-0.2, 0) is 13.1 Å². The van der Waals surface area contributed by atoms with E-state index in [1.807, 2.05) is 0 Å². The average Bonchev–Trinajstić information content (AvgIpc) is 3.35. The lowest BCUT2D eigenvalue weighted by Gasteiger charge is -2.34. The predicted molar refractivity (Wildman–Crippen MR) is 107 cm³/mol. The standard InChI is InChI=1S/C24H33N/c1-3-5-16-23-18-24(23,17-4-2)25(19-21-12-8-6-9-13-21)20-22-14-10-7-11-15-22/h6-15,23H,3-5,16-20H2,1-2H3/t23-,24+/m0/s1. The van der Waals surface area contributed by atoms with Crippen LogP contribution in [0.5, 0.6) is 0 Å². The molecule has 1 aliphatic carbocycles. The summed E-state index contributed by atoms with van der Waals surface area (Å²) in [6, 6.07) is 22.0. The van der Waals surface area contributed by atoms with Gasteiger partial charge in [-0.05, 0) is 36.3 Å². The normalized spacial score (nSPS) is 22.3. The van der Waals surface area contributed by atoms with E-state index in [-0.39, 0.29) is 0 Å². The molecule has 2 atom stereocenters. The lowest BCUT2D eigenvalue weighted by molar-refractivity contribution is 0.131. The highest BCUT2D eigenvalue weighted by Gasteiger charge is 2.55. The third-order valence-electron chi connectivity index (χ3n) is 5.85. The van der Waals surface area contributed by atoms with Crippen molar-refractivity contribution in [3.63, 3.8) is 0 Å². The Morgan fingerprint density at radius 1 is 0.840 bits per heavy atom. The van der Waals surface area contributed by atoms with Gasteiger partial charge in [0, 0.05) is 18.6 Å². The highest BCUT2D eigenvalue weighted by Crippen LogP contribution is 2.55. The monoisotopic (exact) mass is 335 g/mol. The summed E-state index contributed by atoms with van der Waals surface area (Å²) in [6.45, 7) is 6.80. The molecule has 25 heavy (non-hydrogen) atoms. The van der Waals surface area contributed by atoms with E-state index in [0.717, 1.165) is 19.0 Å². The van der Waals surface area contributed by atoms with Crippen molar-refractivity contribution in [1.29, 1.82) is 0 Å². The Kier molecular flexibility index (Phi) is 6.31. The molecule has 1 aliphatic rings. The van der Waals surface area contributed by atoms with Crippen molar-refractivity contribution in [2.24, 2.45) is 5.92 Å². The summed E-state index contributed by atoms with van der Waals surface area (Å²) < 4.78 is 0. The van der Waals surface area contributed by atoms with Gasteiger partial charge in [-0.3, -0.25) is 4.90 Å². The molecule has 0 N–H and O–H groups in total. The van der Waals surface area contributed by atoms with E-state index >= 15 is 0 Å². The van der Waals surface area contributed by atoms with Gasteiger partial charge in [0.25, 0.3) is 0 Å². The molecule has 0 bridgehead atoms. The first-order valence-corrected chi connectivity index (χ1v) is 10.1. The van der Waals surface area contributed by atoms with Crippen LogP contribution in [0.1, 0.15) is 63.5 Å². The number of unbranched alkanes of at least 4 members (excludes halogenated alkanes) is 1. The van der Waals surface area contributed by atoms with Gasteiger partial charge in [-0.2, -0.15) is 0 Å². The fraction of sp³-hybridized carbons (Fsp3) is 0.500. The summed E-state index contributed by atoms with van der Waals surface area (Å²) in [5.41, 5.74) is 3.31. The first-order chi connectivity index (χ1) is 12.3. The SMILES string of the molecule is CCCC[C@H]1C[C@@]1(CCC)N(Cc1ccccc1)Cc1ccccc1. The Morgan fingerprint density at radius 2 is 1.40 bits per heavy atom. The van der Waals surface area contributed by atoms with Gasteiger partial charge in [0.1, 0.15) is 0 Å². The molecular formula is C24H33N. The first-order valence-electron chi connectivity index (χ1n) is 10.1. The molecule has 0 unspecified atom stereocenters. The van der Waals surface area contributed by atoms with Crippen LogP contribution in [0.4, 0.5) is 0 Å². The molecule has 0 heterocycles. The molecule has 0 spiro atoms. The van der Waals surface area contributed by atoms with Crippen LogP contribution in [-0.4, -0.2) is 10.4 Å². The molecule has 0 aliphatic heterocycles. The van der Waals surface area contributed by atoms with E-state index in [1.54, 1.807) is 0 Å². The highest BCUT2D eigenvalue weighted by molar-refractivity contribution is 5.21. The molecule has 134 valence electrons. The zero-order chi connectivity index (χ0) is 17.5. The molecule has 0 saturated heterocycles. The third-order valence-corrected chi connectivity index (χ3v) is 5.85. The lowest BCUT2D eigenvalue weighted by atomic mass is 10.00. The Labute approximate surface area is 154 Å². The highest BCUT2D eigenvalue weighted by atomic mass is 15.2. The second kappa shape index (κ2) is 8.67. The molecular weight excluding hydrogens is 302 g/mol. The molecule has 1 heteroatoms. The van der Waals surface area contributed by atoms with Crippen LogP contribution in [0.3, 0.4) is 0 Å². The van der Waals surface area contributed by atoms with Crippen molar-refractivity contribution in [3.05, 3.63) is 71.8 Å². The van der Waals surface area contributed by atoms with Crippen LogP contribution >= 0.6 is 0 Å². The summed E-state index contributed by atoms with van der Waals surface area (Å²) in [4.78, 5) is 2.79. The largest absolute Gasteiger partial charge is 0.289 e. The topological polar surface area (TPSA) is 3.24 Å². The maximum Gasteiger partial charge on any atom is 0.0248 e. The summed E-state index contributed by atoms with van der Waals surface area (Å²) in [6.07, 6.45) is 8.09. The first kappa shape index (κ1) is 18.2. The molecule has 1 nitrogen and oxygen atoms in total. The smallest absolute Gasteiger partial charge is 0.0248 e. The van der Waals surface area contributed by atoms with Gasteiger partial charge >= 0.3 is 0 Å². The van der Waals surface area contributed by atoms with Gasteiger partial charge in [-0.25, -0.2) is 0 Å². The van der Waals surface area contributed by atoms with Crippen molar-refractivity contribution < 1.29 is 0 Å². The number of rotatable bonds is 10. The van der Waals surface area contributed by atoms with E-state index in [2.05, 4.69) is 79.4 Å². The molecule has 2 aromatic carbocycles. The van der Waals surface area contributed by atoms with Gasteiger partial charge in [0.15, 0.2) is 0 Å². The number of hydrogen-bond acceptors (Lipinski definition) is 1. The maximum absolute atomic E-state index is 2.79. The molecule has 0 radical (unpaired) electrons. The van der Waals surface area contributed by atoms with Crippen molar-refractivity contribution in [2.45, 2.75) is 71.0 Å². The van der Waals surface area contributed by atoms with Crippen LogP contribution in [0.25, 0.3) is 0 Å². The minimum atomic E-state index is 0.426. The van der Waals surface area contributed by atoms with Crippen molar-refractivity contribution >= 4 is 0 Å². The van der Waals surface area contributed by atoms with E-state index < -0.39 is 0 Å². The van der Waals surface area contributed by atoms with E-state index in [9.17, 15) is 0 Å².